The Balaban J connectivity index is 2.62. The van der Waals surface area contributed by atoms with Crippen LogP contribution < -0.4 is 11.1 Å². The van der Waals surface area contributed by atoms with E-state index in [-0.39, 0.29) is 6.04 Å². The van der Waals surface area contributed by atoms with E-state index in [1.165, 1.54) is 5.56 Å². The van der Waals surface area contributed by atoms with Crippen LogP contribution in [0.2, 0.25) is 0 Å². The van der Waals surface area contributed by atoms with Crippen LogP contribution in [0.3, 0.4) is 0 Å². The number of rotatable bonds is 5. The highest BCUT2D eigenvalue weighted by Gasteiger charge is 2.07. The fourth-order valence-corrected chi connectivity index (χ4v) is 1.46. The fourth-order valence-electron chi connectivity index (χ4n) is 1.46. The summed E-state index contributed by atoms with van der Waals surface area (Å²) in [5.41, 5.74) is 8.62. The molecule has 0 bridgehead atoms. The van der Waals surface area contributed by atoms with Crippen molar-refractivity contribution in [3.8, 4) is 6.07 Å². The van der Waals surface area contributed by atoms with Gasteiger partial charge in [-0.15, -0.1) is 0 Å². The summed E-state index contributed by atoms with van der Waals surface area (Å²) in [7, 11) is 1.92. The molecule has 3 nitrogen and oxygen atoms in total. The average Bonchev–Trinajstić information content (AvgIpc) is 2.31. The molecule has 1 unspecified atom stereocenters. The lowest BCUT2D eigenvalue weighted by Gasteiger charge is -2.09. The van der Waals surface area contributed by atoms with Gasteiger partial charge in [-0.25, -0.2) is 0 Å². The van der Waals surface area contributed by atoms with Gasteiger partial charge in [-0.05, 0) is 24.6 Å². The smallest absolute Gasteiger partial charge is 0.0957 e. The summed E-state index contributed by atoms with van der Waals surface area (Å²) in [6.07, 6.45) is 0.659. The summed E-state index contributed by atoms with van der Waals surface area (Å²) in [5.74, 6) is 0. The number of nitrogens with zero attached hydrogens (tertiary/aromatic N) is 1. The molecule has 0 saturated carbocycles. The second-order valence-electron chi connectivity index (χ2n) is 3.79. The maximum atomic E-state index is 8.66. The van der Waals surface area contributed by atoms with E-state index in [2.05, 4.69) is 24.0 Å². The first-order valence-corrected chi connectivity index (χ1v) is 5.24. The summed E-state index contributed by atoms with van der Waals surface area (Å²) in [4.78, 5) is 0. The number of nitriles is 1. The maximum absolute atomic E-state index is 8.66. The number of benzene rings is 1. The van der Waals surface area contributed by atoms with Crippen LogP contribution in [-0.4, -0.2) is 13.1 Å². The zero-order valence-electron chi connectivity index (χ0n) is 9.53. The van der Waals surface area contributed by atoms with Crippen LogP contribution in [0.25, 0.3) is 0 Å². The third-order valence-corrected chi connectivity index (χ3v) is 2.45. The van der Waals surface area contributed by atoms with Crippen molar-refractivity contribution in [2.24, 2.45) is 5.73 Å². The van der Waals surface area contributed by atoms with Gasteiger partial charge in [0.15, 0.2) is 0 Å². The molecule has 1 aromatic rings. The van der Waals surface area contributed by atoms with E-state index in [0.29, 0.717) is 12.0 Å². The van der Waals surface area contributed by atoms with Gasteiger partial charge in [-0.2, -0.15) is 5.26 Å². The van der Waals surface area contributed by atoms with Crippen molar-refractivity contribution in [2.45, 2.75) is 19.0 Å². The van der Waals surface area contributed by atoms with Crippen LogP contribution in [0.1, 0.15) is 11.1 Å². The molecule has 1 aromatic carbocycles. The van der Waals surface area contributed by atoms with E-state index in [4.69, 9.17) is 11.0 Å². The molecule has 16 heavy (non-hydrogen) atoms. The van der Waals surface area contributed by atoms with Gasteiger partial charge in [-0.3, -0.25) is 0 Å². The van der Waals surface area contributed by atoms with Gasteiger partial charge >= 0.3 is 0 Å². The van der Waals surface area contributed by atoms with E-state index in [1.54, 1.807) is 0 Å². The van der Waals surface area contributed by atoms with Crippen molar-refractivity contribution in [3.05, 3.63) is 47.5 Å². The van der Waals surface area contributed by atoms with E-state index in [9.17, 15) is 0 Å². The molecule has 0 aliphatic heterocycles. The molecule has 0 spiro atoms. The lowest BCUT2D eigenvalue weighted by Crippen LogP contribution is -2.24. The summed E-state index contributed by atoms with van der Waals surface area (Å²) in [6.45, 7) is 4.48. The van der Waals surface area contributed by atoms with Crippen LogP contribution >= 0.6 is 0 Å². The van der Waals surface area contributed by atoms with Gasteiger partial charge < -0.3 is 11.1 Å². The molecular formula is C13H17N3. The fraction of sp³-hybridized carbons (Fsp3) is 0.308. The van der Waals surface area contributed by atoms with Crippen molar-refractivity contribution < 1.29 is 0 Å². The summed E-state index contributed by atoms with van der Waals surface area (Å²) in [6, 6.07) is 9.91. The minimum atomic E-state index is -0.278. The van der Waals surface area contributed by atoms with Gasteiger partial charge in [0.2, 0.25) is 0 Å². The van der Waals surface area contributed by atoms with Crippen molar-refractivity contribution in [2.75, 3.05) is 7.05 Å². The Morgan fingerprint density at radius 3 is 2.50 bits per heavy atom. The quantitative estimate of drug-likeness (QED) is 0.729. The Hall–Kier alpha value is -1.63. The normalized spacial score (nSPS) is 11.8. The predicted octanol–water partition coefficient (Wildman–Crippen LogP) is 1.36. The second-order valence-corrected chi connectivity index (χ2v) is 3.79. The van der Waals surface area contributed by atoms with E-state index < -0.39 is 0 Å². The highest BCUT2D eigenvalue weighted by atomic mass is 14.8. The minimum Gasteiger partial charge on any atom is -0.323 e. The van der Waals surface area contributed by atoms with Crippen LogP contribution in [0.4, 0.5) is 0 Å². The molecule has 0 aromatic heterocycles. The summed E-state index contributed by atoms with van der Waals surface area (Å²) < 4.78 is 0. The van der Waals surface area contributed by atoms with Crippen molar-refractivity contribution in [1.82, 2.24) is 5.32 Å². The summed E-state index contributed by atoms with van der Waals surface area (Å²) >= 11 is 0. The van der Waals surface area contributed by atoms with E-state index in [0.717, 1.165) is 12.1 Å². The third kappa shape index (κ3) is 3.50. The molecule has 84 valence electrons. The van der Waals surface area contributed by atoms with Crippen molar-refractivity contribution in [3.63, 3.8) is 0 Å². The summed E-state index contributed by atoms with van der Waals surface area (Å²) in [5, 5.41) is 11.7. The number of nitrogens with one attached hydrogen (secondary N) is 1. The first-order chi connectivity index (χ1) is 7.67. The first kappa shape index (κ1) is 12.4. The molecule has 0 heterocycles. The molecule has 0 saturated heterocycles. The van der Waals surface area contributed by atoms with Gasteiger partial charge in [0.05, 0.1) is 6.07 Å². The molecule has 0 radical (unpaired) electrons. The SMILES string of the molecule is C=C(C#N)C(N)Cc1ccc(CNC)cc1. The topological polar surface area (TPSA) is 61.8 Å². The van der Waals surface area contributed by atoms with Gasteiger partial charge in [0.25, 0.3) is 0 Å². The number of hydrogen-bond acceptors (Lipinski definition) is 3. The Kier molecular flexibility index (Phi) is 4.71. The van der Waals surface area contributed by atoms with Crippen molar-refractivity contribution in [1.29, 1.82) is 5.26 Å². The van der Waals surface area contributed by atoms with Gasteiger partial charge in [0, 0.05) is 18.2 Å². The van der Waals surface area contributed by atoms with Crippen molar-refractivity contribution >= 4 is 0 Å². The monoisotopic (exact) mass is 215 g/mol. The Bertz CT molecular complexity index is 387. The lowest BCUT2D eigenvalue weighted by atomic mass is 10.0. The lowest BCUT2D eigenvalue weighted by molar-refractivity contribution is 0.782. The van der Waals surface area contributed by atoms with Crippen LogP contribution in [0.15, 0.2) is 36.4 Å². The molecule has 0 fully saturated rings. The van der Waals surface area contributed by atoms with Crippen LogP contribution in [0.5, 0.6) is 0 Å². The highest BCUT2D eigenvalue weighted by Crippen LogP contribution is 2.09. The standard InChI is InChI=1S/C13H17N3/c1-10(8-14)13(15)7-11-3-5-12(6-4-11)9-16-2/h3-6,13,16H,1,7,9,15H2,2H3. The zero-order valence-corrected chi connectivity index (χ0v) is 9.53. The van der Waals surface area contributed by atoms with E-state index in [1.807, 2.05) is 25.2 Å². The first-order valence-electron chi connectivity index (χ1n) is 5.24. The van der Waals surface area contributed by atoms with Crippen LogP contribution in [0, 0.1) is 11.3 Å². The maximum Gasteiger partial charge on any atom is 0.0957 e. The third-order valence-electron chi connectivity index (χ3n) is 2.45. The minimum absolute atomic E-state index is 0.278. The Morgan fingerprint density at radius 2 is 2.00 bits per heavy atom. The number of nitrogens with two attached hydrogens (primary N) is 1. The van der Waals surface area contributed by atoms with Gasteiger partial charge in [0.1, 0.15) is 0 Å². The second kappa shape index (κ2) is 6.06. The molecule has 0 amide bonds. The average molecular weight is 215 g/mol. The largest absolute Gasteiger partial charge is 0.323 e. The molecule has 3 N–H and O–H groups in total. The highest BCUT2D eigenvalue weighted by molar-refractivity contribution is 5.28. The predicted molar refractivity (Wildman–Crippen MR) is 65.6 cm³/mol. The molecule has 1 rings (SSSR count). The molecule has 0 aliphatic carbocycles. The molecular weight excluding hydrogens is 198 g/mol. The van der Waals surface area contributed by atoms with E-state index >= 15 is 0 Å². The van der Waals surface area contributed by atoms with Crippen LogP contribution in [-0.2, 0) is 13.0 Å². The Morgan fingerprint density at radius 1 is 1.44 bits per heavy atom. The molecule has 3 heteroatoms. The van der Waals surface area contributed by atoms with Gasteiger partial charge in [-0.1, -0.05) is 30.8 Å². The molecule has 1 atom stereocenters. The molecule has 0 aliphatic rings. The zero-order chi connectivity index (χ0) is 12.0. The number of hydrogen-bond donors (Lipinski definition) is 2. The Labute approximate surface area is 96.6 Å².